The van der Waals surface area contributed by atoms with Gasteiger partial charge in [0.05, 0.1) is 11.3 Å². The number of anilines is 1. The number of nitrogens with zero attached hydrogens (tertiary/aromatic N) is 2. The molecule has 0 atom stereocenters. The first-order chi connectivity index (χ1) is 11.7. The Labute approximate surface area is 140 Å². The van der Waals surface area contributed by atoms with Crippen molar-refractivity contribution < 1.29 is 4.79 Å². The molecule has 0 unspecified atom stereocenters. The van der Waals surface area contributed by atoms with Crippen molar-refractivity contribution in [2.75, 3.05) is 5.32 Å². The number of H-pyrrole nitrogens is 1. The first-order valence-electron chi connectivity index (χ1n) is 8.12. The van der Waals surface area contributed by atoms with Gasteiger partial charge < -0.3 is 5.32 Å². The van der Waals surface area contributed by atoms with Crippen molar-refractivity contribution in [1.82, 2.24) is 15.2 Å². The number of hydrogen-bond donors (Lipinski definition) is 2. The van der Waals surface area contributed by atoms with E-state index in [4.69, 9.17) is 0 Å². The Morgan fingerprint density at radius 3 is 2.83 bits per heavy atom. The van der Waals surface area contributed by atoms with Gasteiger partial charge in [0.25, 0.3) is 5.91 Å². The molecule has 5 heteroatoms. The normalized spacial score (nSPS) is 12.9. The van der Waals surface area contributed by atoms with Crippen LogP contribution in [0, 0.1) is 6.92 Å². The van der Waals surface area contributed by atoms with E-state index < -0.39 is 0 Å². The Morgan fingerprint density at radius 2 is 2.00 bits per heavy atom. The van der Waals surface area contributed by atoms with Gasteiger partial charge in [-0.3, -0.25) is 14.9 Å². The van der Waals surface area contributed by atoms with Crippen LogP contribution in [-0.2, 0) is 12.8 Å². The van der Waals surface area contributed by atoms with Crippen LogP contribution >= 0.6 is 0 Å². The van der Waals surface area contributed by atoms with Crippen LogP contribution in [0.25, 0.3) is 11.3 Å². The van der Waals surface area contributed by atoms with Crippen LogP contribution in [0.15, 0.2) is 42.6 Å². The third-order valence-electron chi connectivity index (χ3n) is 4.37. The molecule has 0 fully saturated rings. The highest BCUT2D eigenvalue weighted by atomic mass is 16.1. The highest BCUT2D eigenvalue weighted by Gasteiger charge is 2.25. The van der Waals surface area contributed by atoms with Gasteiger partial charge >= 0.3 is 0 Å². The topological polar surface area (TPSA) is 70.7 Å². The second-order valence-electron chi connectivity index (χ2n) is 6.11. The highest BCUT2D eigenvalue weighted by molar-refractivity contribution is 6.07. The van der Waals surface area contributed by atoms with Gasteiger partial charge in [-0.1, -0.05) is 23.8 Å². The molecule has 0 spiro atoms. The first kappa shape index (κ1) is 14.6. The van der Waals surface area contributed by atoms with E-state index in [9.17, 15) is 4.79 Å². The van der Waals surface area contributed by atoms with E-state index in [0.717, 1.165) is 47.5 Å². The van der Waals surface area contributed by atoms with Gasteiger partial charge in [-0.25, -0.2) is 0 Å². The molecule has 2 heterocycles. The van der Waals surface area contributed by atoms with Crippen LogP contribution in [0.1, 0.15) is 33.7 Å². The van der Waals surface area contributed by atoms with Crippen molar-refractivity contribution >= 4 is 11.6 Å². The molecule has 3 aromatic rings. The summed E-state index contributed by atoms with van der Waals surface area (Å²) in [7, 11) is 0. The summed E-state index contributed by atoms with van der Waals surface area (Å²) in [6.45, 7) is 2.02. The fraction of sp³-hybridized carbons (Fsp3) is 0.211. The minimum atomic E-state index is -0.213. The number of aromatic amines is 1. The molecule has 1 aliphatic carbocycles. The average molecular weight is 318 g/mol. The Balaban J connectivity index is 1.73. The van der Waals surface area contributed by atoms with Crippen molar-refractivity contribution in [2.45, 2.75) is 26.2 Å². The molecule has 2 N–H and O–H groups in total. The zero-order valence-corrected chi connectivity index (χ0v) is 13.5. The molecule has 24 heavy (non-hydrogen) atoms. The molecule has 0 saturated carbocycles. The quantitative estimate of drug-likeness (QED) is 0.759. The van der Waals surface area contributed by atoms with Crippen LogP contribution in [0.4, 0.5) is 5.69 Å². The van der Waals surface area contributed by atoms with Crippen LogP contribution in [0.5, 0.6) is 0 Å². The van der Waals surface area contributed by atoms with Gasteiger partial charge in [-0.05, 0) is 49.9 Å². The number of nitrogens with one attached hydrogen (secondary N) is 2. The largest absolute Gasteiger partial charge is 0.321 e. The zero-order valence-electron chi connectivity index (χ0n) is 13.5. The standard InChI is InChI=1S/C19H18N4O/c1-12-7-9-14(10-8-12)21-19(24)18-16-15(22-23-18)6-2-4-13-5-3-11-20-17(13)16/h3,5,7-11H,2,4,6H2,1H3,(H,21,24)(H,22,23). The van der Waals surface area contributed by atoms with E-state index in [1.807, 2.05) is 37.3 Å². The molecule has 1 aliphatic rings. The van der Waals surface area contributed by atoms with E-state index >= 15 is 0 Å². The molecule has 0 aliphatic heterocycles. The minimum Gasteiger partial charge on any atom is -0.321 e. The maximum atomic E-state index is 12.7. The molecule has 0 saturated heterocycles. The molecule has 2 aromatic heterocycles. The maximum absolute atomic E-state index is 12.7. The summed E-state index contributed by atoms with van der Waals surface area (Å²) < 4.78 is 0. The number of carbonyl (C=O) groups excluding carboxylic acids is 1. The van der Waals surface area contributed by atoms with Crippen LogP contribution in [0.2, 0.25) is 0 Å². The van der Waals surface area contributed by atoms with E-state index in [-0.39, 0.29) is 5.91 Å². The van der Waals surface area contributed by atoms with Gasteiger partial charge in [-0.15, -0.1) is 0 Å². The van der Waals surface area contributed by atoms with Crippen molar-refractivity contribution in [3.63, 3.8) is 0 Å². The van der Waals surface area contributed by atoms with Gasteiger partial charge in [0.1, 0.15) is 0 Å². The minimum absolute atomic E-state index is 0.213. The van der Waals surface area contributed by atoms with Crippen molar-refractivity contribution in [3.05, 3.63) is 65.1 Å². The summed E-state index contributed by atoms with van der Waals surface area (Å²) in [5, 5.41) is 10.2. The monoisotopic (exact) mass is 318 g/mol. The number of fused-ring (bicyclic) bond motifs is 3. The molecular formula is C19H18N4O. The zero-order chi connectivity index (χ0) is 16.5. The number of benzene rings is 1. The van der Waals surface area contributed by atoms with E-state index in [0.29, 0.717) is 5.69 Å². The number of amides is 1. The SMILES string of the molecule is Cc1ccc(NC(=O)c2n[nH]c3c2-c2ncccc2CCC3)cc1. The van der Waals surface area contributed by atoms with Gasteiger partial charge in [-0.2, -0.15) is 5.10 Å². The maximum Gasteiger partial charge on any atom is 0.276 e. The van der Waals surface area contributed by atoms with Gasteiger partial charge in [0.2, 0.25) is 0 Å². The number of hydrogen-bond acceptors (Lipinski definition) is 3. The molecule has 0 radical (unpaired) electrons. The fourth-order valence-electron chi connectivity index (χ4n) is 3.13. The third kappa shape index (κ3) is 2.58. The molecule has 5 nitrogen and oxygen atoms in total. The number of aromatic nitrogens is 3. The van der Waals surface area contributed by atoms with Crippen LogP contribution in [0.3, 0.4) is 0 Å². The van der Waals surface area contributed by atoms with Crippen molar-refractivity contribution in [2.24, 2.45) is 0 Å². The molecule has 1 amide bonds. The van der Waals surface area contributed by atoms with E-state index in [2.05, 4.69) is 26.6 Å². The third-order valence-corrected chi connectivity index (χ3v) is 4.37. The van der Waals surface area contributed by atoms with E-state index in [1.165, 1.54) is 5.56 Å². The smallest absolute Gasteiger partial charge is 0.276 e. The lowest BCUT2D eigenvalue weighted by Gasteiger charge is -2.08. The molecular weight excluding hydrogens is 300 g/mol. The number of carbonyl (C=O) groups is 1. The molecule has 120 valence electrons. The Hall–Kier alpha value is -2.95. The predicted octanol–water partition coefficient (Wildman–Crippen LogP) is 3.52. The summed E-state index contributed by atoms with van der Waals surface area (Å²) in [6, 6.07) is 11.7. The highest BCUT2D eigenvalue weighted by Crippen LogP contribution is 2.32. The summed E-state index contributed by atoms with van der Waals surface area (Å²) >= 11 is 0. The second kappa shape index (κ2) is 5.92. The first-order valence-corrected chi connectivity index (χ1v) is 8.12. The van der Waals surface area contributed by atoms with E-state index in [1.54, 1.807) is 6.20 Å². The lowest BCUT2D eigenvalue weighted by Crippen LogP contribution is -2.14. The van der Waals surface area contributed by atoms with Crippen LogP contribution in [-0.4, -0.2) is 21.1 Å². The van der Waals surface area contributed by atoms with Gasteiger partial charge in [0.15, 0.2) is 5.69 Å². The molecule has 1 aromatic carbocycles. The summed E-state index contributed by atoms with van der Waals surface area (Å²) in [4.78, 5) is 17.2. The van der Waals surface area contributed by atoms with Crippen LogP contribution < -0.4 is 5.32 Å². The Bertz CT molecular complexity index is 896. The van der Waals surface area contributed by atoms with Crippen molar-refractivity contribution in [3.8, 4) is 11.3 Å². The predicted molar refractivity (Wildman–Crippen MR) is 93.0 cm³/mol. The van der Waals surface area contributed by atoms with Gasteiger partial charge in [0, 0.05) is 17.6 Å². The summed E-state index contributed by atoms with van der Waals surface area (Å²) in [6.07, 6.45) is 4.62. The lowest BCUT2D eigenvalue weighted by atomic mass is 10.0. The summed E-state index contributed by atoms with van der Waals surface area (Å²) in [5.41, 5.74) is 6.19. The summed E-state index contributed by atoms with van der Waals surface area (Å²) in [5.74, 6) is -0.213. The number of pyridine rings is 1. The average Bonchev–Trinajstić information content (AvgIpc) is 2.93. The Morgan fingerprint density at radius 1 is 1.17 bits per heavy atom. The molecule has 4 rings (SSSR count). The number of rotatable bonds is 2. The second-order valence-corrected chi connectivity index (χ2v) is 6.11. The van der Waals surface area contributed by atoms with Crippen molar-refractivity contribution in [1.29, 1.82) is 0 Å². The lowest BCUT2D eigenvalue weighted by molar-refractivity contribution is 0.102. The number of aryl methyl sites for hydroxylation is 3. The Kier molecular flexibility index (Phi) is 3.61. The molecule has 0 bridgehead atoms. The fourth-order valence-corrected chi connectivity index (χ4v) is 3.13.